The van der Waals surface area contributed by atoms with E-state index in [0.29, 0.717) is 18.2 Å². The molecule has 0 bridgehead atoms. The number of halogens is 1. The molecule has 1 fully saturated rings. The van der Waals surface area contributed by atoms with E-state index in [2.05, 4.69) is 29.2 Å². The maximum Gasteiger partial charge on any atom is 0.123 e. The van der Waals surface area contributed by atoms with Crippen molar-refractivity contribution in [3.63, 3.8) is 0 Å². The molecule has 1 heterocycles. The lowest BCUT2D eigenvalue weighted by Crippen LogP contribution is -2.23. The second-order valence-electron chi connectivity index (χ2n) is 8.28. The quantitative estimate of drug-likeness (QED) is 0.432. The molecule has 30 heavy (non-hydrogen) atoms. The molecule has 156 valence electrons. The minimum absolute atomic E-state index is 0.206. The Bertz CT molecular complexity index is 1080. The lowest BCUT2D eigenvalue weighted by atomic mass is 10.0. The van der Waals surface area contributed by atoms with Gasteiger partial charge in [-0.1, -0.05) is 37.4 Å². The van der Waals surface area contributed by atoms with Gasteiger partial charge in [-0.25, -0.2) is 4.39 Å². The molecule has 0 aliphatic heterocycles. The fraction of sp³-hybridized carbons (Fsp3) is 0.400. The van der Waals surface area contributed by atoms with Crippen LogP contribution in [0.3, 0.4) is 0 Å². The normalized spacial score (nSPS) is 14.7. The van der Waals surface area contributed by atoms with Gasteiger partial charge in [0, 0.05) is 34.4 Å². The Morgan fingerprint density at radius 2 is 2.10 bits per heavy atom. The van der Waals surface area contributed by atoms with Crippen molar-refractivity contribution < 1.29 is 4.39 Å². The van der Waals surface area contributed by atoms with Gasteiger partial charge in [-0.3, -0.25) is 4.72 Å². The summed E-state index contributed by atoms with van der Waals surface area (Å²) in [5.74, 6) is -0.206. The number of nitriles is 1. The molecule has 1 atom stereocenters. The Balaban J connectivity index is 1.76. The summed E-state index contributed by atoms with van der Waals surface area (Å²) in [4.78, 5) is 0. The smallest absolute Gasteiger partial charge is 0.123 e. The molecule has 0 amide bonds. The van der Waals surface area contributed by atoms with Crippen molar-refractivity contribution in [2.45, 2.75) is 63.8 Å². The van der Waals surface area contributed by atoms with Gasteiger partial charge in [0.15, 0.2) is 0 Å². The molecule has 1 N–H and O–H groups in total. The number of aromatic nitrogens is 1. The van der Waals surface area contributed by atoms with Crippen LogP contribution in [0, 0.1) is 17.1 Å². The van der Waals surface area contributed by atoms with Crippen molar-refractivity contribution in [1.29, 1.82) is 5.26 Å². The van der Waals surface area contributed by atoms with Crippen molar-refractivity contribution in [3.8, 4) is 6.07 Å². The van der Waals surface area contributed by atoms with Gasteiger partial charge >= 0.3 is 0 Å². The Hall–Kier alpha value is -2.29. The average Bonchev–Trinajstić information content (AvgIpc) is 3.53. The highest BCUT2D eigenvalue weighted by Crippen LogP contribution is 2.34. The third-order valence-corrected chi connectivity index (χ3v) is 6.95. The summed E-state index contributed by atoms with van der Waals surface area (Å²) in [7, 11) is 0. The molecular weight excluding hydrogens is 393 g/mol. The van der Waals surface area contributed by atoms with Crippen LogP contribution in [0.25, 0.3) is 10.9 Å². The van der Waals surface area contributed by atoms with Gasteiger partial charge in [-0.15, -0.1) is 0 Å². The van der Waals surface area contributed by atoms with Gasteiger partial charge < -0.3 is 4.57 Å². The first-order valence-electron chi connectivity index (χ1n) is 10.8. The summed E-state index contributed by atoms with van der Waals surface area (Å²) in [6.45, 7) is 5.06. The number of hydrogen-bond donors (Lipinski definition) is 1. The molecule has 1 saturated carbocycles. The van der Waals surface area contributed by atoms with Gasteiger partial charge in [0.25, 0.3) is 0 Å². The first kappa shape index (κ1) is 21.0. The monoisotopic (exact) mass is 421 g/mol. The van der Waals surface area contributed by atoms with E-state index >= 15 is 0 Å². The van der Waals surface area contributed by atoms with Crippen molar-refractivity contribution in [2.75, 3.05) is 0 Å². The molecule has 0 saturated heterocycles. The van der Waals surface area contributed by atoms with Gasteiger partial charge in [0.05, 0.1) is 11.6 Å². The predicted molar refractivity (Wildman–Crippen MR) is 123 cm³/mol. The van der Waals surface area contributed by atoms with Crippen molar-refractivity contribution in [2.24, 2.45) is 0 Å². The van der Waals surface area contributed by atoms with Crippen LogP contribution in [-0.2, 0) is 19.4 Å². The van der Waals surface area contributed by atoms with Crippen molar-refractivity contribution >= 4 is 22.9 Å². The largest absolute Gasteiger partial charge is 0.340 e. The minimum atomic E-state index is -0.206. The van der Waals surface area contributed by atoms with Crippen LogP contribution in [0.2, 0.25) is 0 Å². The third-order valence-electron chi connectivity index (χ3n) is 5.60. The molecule has 1 aliphatic rings. The lowest BCUT2D eigenvalue weighted by Gasteiger charge is -2.16. The number of rotatable bonds is 9. The highest BCUT2D eigenvalue weighted by molar-refractivity contribution is 7.98. The van der Waals surface area contributed by atoms with Crippen LogP contribution in [0.1, 0.15) is 55.5 Å². The van der Waals surface area contributed by atoms with Crippen LogP contribution in [0.5, 0.6) is 0 Å². The predicted octanol–water partition coefficient (Wildman–Crippen LogP) is 5.98. The SMILES string of the molecule is CCCc1c(CC(C)NSC2CC2)c2cc(C#N)ccc2n1Cc1cccc(F)c1. The van der Waals surface area contributed by atoms with Crippen LogP contribution < -0.4 is 4.72 Å². The minimum Gasteiger partial charge on any atom is -0.340 e. The number of benzene rings is 2. The van der Waals surface area contributed by atoms with E-state index in [1.165, 1.54) is 30.2 Å². The van der Waals surface area contributed by atoms with E-state index in [4.69, 9.17) is 0 Å². The molecule has 0 spiro atoms. The van der Waals surface area contributed by atoms with Gasteiger partial charge in [0.1, 0.15) is 5.82 Å². The van der Waals surface area contributed by atoms with Gasteiger partial charge in [-0.2, -0.15) is 5.26 Å². The Morgan fingerprint density at radius 1 is 1.27 bits per heavy atom. The molecule has 2 aromatic carbocycles. The lowest BCUT2D eigenvalue weighted by molar-refractivity contribution is 0.622. The fourth-order valence-corrected chi connectivity index (χ4v) is 4.92. The molecule has 3 aromatic rings. The Labute approximate surface area is 182 Å². The average molecular weight is 422 g/mol. The molecular formula is C25H28FN3S. The van der Waals surface area contributed by atoms with Crippen LogP contribution >= 0.6 is 11.9 Å². The highest BCUT2D eigenvalue weighted by Gasteiger charge is 2.24. The highest BCUT2D eigenvalue weighted by atomic mass is 32.2. The standard InChI is InChI=1S/C25H28FN3S/c1-3-5-24-22(12-17(2)28-30-21-9-10-21)23-14-18(15-27)8-11-25(23)29(24)16-19-6-4-7-20(26)13-19/h4,6-8,11,13-14,17,21,28H,3,5,9-10,12,16H2,1-2H3. The summed E-state index contributed by atoms with van der Waals surface area (Å²) in [5, 5.41) is 11.4. The Morgan fingerprint density at radius 3 is 2.80 bits per heavy atom. The van der Waals surface area contributed by atoms with E-state index in [1.54, 1.807) is 12.1 Å². The summed E-state index contributed by atoms with van der Waals surface area (Å²) in [6.07, 6.45) is 5.53. The summed E-state index contributed by atoms with van der Waals surface area (Å²) in [5.41, 5.74) is 5.38. The van der Waals surface area contributed by atoms with Crippen LogP contribution in [0.4, 0.5) is 4.39 Å². The van der Waals surface area contributed by atoms with Gasteiger partial charge in [0.2, 0.25) is 0 Å². The summed E-state index contributed by atoms with van der Waals surface area (Å²) in [6, 6.07) is 15.4. The first-order valence-corrected chi connectivity index (χ1v) is 11.7. The van der Waals surface area contributed by atoms with Crippen molar-refractivity contribution in [3.05, 3.63) is 70.7 Å². The Kier molecular flexibility index (Phi) is 6.46. The van der Waals surface area contributed by atoms with E-state index in [-0.39, 0.29) is 5.82 Å². The summed E-state index contributed by atoms with van der Waals surface area (Å²) >= 11 is 1.86. The molecule has 0 radical (unpaired) electrons. The van der Waals surface area contributed by atoms with E-state index in [9.17, 15) is 9.65 Å². The number of hydrogen-bond acceptors (Lipinski definition) is 3. The first-order chi connectivity index (χ1) is 14.6. The summed E-state index contributed by atoms with van der Waals surface area (Å²) < 4.78 is 19.7. The number of nitrogens with one attached hydrogen (secondary N) is 1. The van der Waals surface area contributed by atoms with Gasteiger partial charge in [-0.05, 0) is 74.1 Å². The second-order valence-corrected chi connectivity index (χ2v) is 9.41. The molecule has 4 rings (SSSR count). The molecule has 3 nitrogen and oxygen atoms in total. The maximum atomic E-state index is 13.8. The topological polar surface area (TPSA) is 40.8 Å². The maximum absolute atomic E-state index is 13.8. The zero-order valence-electron chi connectivity index (χ0n) is 17.6. The second kappa shape index (κ2) is 9.24. The molecule has 1 unspecified atom stereocenters. The van der Waals surface area contributed by atoms with Crippen molar-refractivity contribution in [1.82, 2.24) is 9.29 Å². The van der Waals surface area contributed by atoms with Crippen LogP contribution in [0.15, 0.2) is 42.5 Å². The number of fused-ring (bicyclic) bond motifs is 1. The molecule has 5 heteroatoms. The fourth-order valence-electron chi connectivity index (χ4n) is 4.04. The van der Waals surface area contributed by atoms with E-state index < -0.39 is 0 Å². The zero-order valence-corrected chi connectivity index (χ0v) is 18.4. The van der Waals surface area contributed by atoms with E-state index in [1.807, 2.05) is 36.2 Å². The number of nitrogens with zero attached hydrogens (tertiary/aromatic N) is 2. The molecule has 1 aromatic heterocycles. The zero-order chi connectivity index (χ0) is 21.1. The third kappa shape index (κ3) is 4.71. The van der Waals surface area contributed by atoms with E-state index in [0.717, 1.165) is 41.0 Å². The van der Waals surface area contributed by atoms with Crippen LogP contribution in [-0.4, -0.2) is 15.9 Å². The molecule has 1 aliphatic carbocycles.